The molecule has 0 aliphatic rings. The van der Waals surface area contributed by atoms with E-state index in [1.165, 1.54) is 0 Å². The molecule has 1 heteroatoms. The van der Waals surface area contributed by atoms with E-state index in [1.807, 2.05) is 6.92 Å². The Morgan fingerprint density at radius 2 is 2.22 bits per heavy atom. The van der Waals surface area contributed by atoms with E-state index in [-0.39, 0.29) is 0 Å². The molecule has 1 radical (unpaired) electrons. The van der Waals surface area contributed by atoms with Crippen LogP contribution in [-0.2, 0) is 4.74 Å². The molecule has 0 bridgehead atoms. The molecule has 0 amide bonds. The molecule has 0 atom stereocenters. The Labute approximate surface area is 57.7 Å². The maximum absolute atomic E-state index is 5.12. The molecule has 0 rings (SSSR count). The second-order valence-electron chi connectivity index (χ2n) is 1.93. The van der Waals surface area contributed by atoms with Crippen LogP contribution in [0.15, 0.2) is 12.3 Å². The SMILES string of the molecule is [CH2]CCCC(=C)OCC. The fourth-order valence-electron chi connectivity index (χ4n) is 0.598. The Hall–Kier alpha value is -0.460. The van der Waals surface area contributed by atoms with Gasteiger partial charge in [-0.2, -0.15) is 0 Å². The summed E-state index contributed by atoms with van der Waals surface area (Å²) in [7, 11) is 0. The molecule has 0 aliphatic heterocycles. The molecule has 1 nitrogen and oxygen atoms in total. The average Bonchev–Trinajstić information content (AvgIpc) is 1.85. The van der Waals surface area contributed by atoms with Crippen molar-refractivity contribution in [2.45, 2.75) is 26.2 Å². The summed E-state index contributed by atoms with van der Waals surface area (Å²) in [5, 5.41) is 0. The third-order valence-corrected chi connectivity index (χ3v) is 1.05. The highest BCUT2D eigenvalue weighted by Crippen LogP contribution is 2.04. The molecule has 0 unspecified atom stereocenters. The van der Waals surface area contributed by atoms with Crippen molar-refractivity contribution < 1.29 is 4.74 Å². The zero-order valence-electron chi connectivity index (χ0n) is 6.15. The van der Waals surface area contributed by atoms with E-state index >= 15 is 0 Å². The fraction of sp³-hybridized carbons (Fsp3) is 0.625. The lowest BCUT2D eigenvalue weighted by Crippen LogP contribution is -1.88. The summed E-state index contributed by atoms with van der Waals surface area (Å²) in [6.45, 7) is 10.2. The molecule has 0 aromatic carbocycles. The first-order valence-electron chi connectivity index (χ1n) is 3.41. The van der Waals surface area contributed by atoms with Gasteiger partial charge in [-0.15, -0.1) is 0 Å². The van der Waals surface area contributed by atoms with E-state index in [2.05, 4.69) is 13.5 Å². The summed E-state index contributed by atoms with van der Waals surface area (Å²) in [4.78, 5) is 0. The number of hydrogen-bond donors (Lipinski definition) is 0. The molecule has 0 saturated carbocycles. The van der Waals surface area contributed by atoms with Crippen LogP contribution in [0, 0.1) is 6.92 Å². The Kier molecular flexibility index (Phi) is 5.38. The van der Waals surface area contributed by atoms with Crippen LogP contribution < -0.4 is 0 Å². The Balaban J connectivity index is 3.06. The van der Waals surface area contributed by atoms with Crippen LogP contribution in [0.2, 0.25) is 0 Å². The summed E-state index contributed by atoms with van der Waals surface area (Å²) < 4.78 is 5.12. The van der Waals surface area contributed by atoms with Gasteiger partial charge >= 0.3 is 0 Å². The lowest BCUT2D eigenvalue weighted by molar-refractivity contribution is 0.219. The van der Waals surface area contributed by atoms with Gasteiger partial charge in [0.15, 0.2) is 0 Å². The van der Waals surface area contributed by atoms with Gasteiger partial charge in [-0.1, -0.05) is 19.9 Å². The molecule has 9 heavy (non-hydrogen) atoms. The van der Waals surface area contributed by atoms with Crippen LogP contribution >= 0.6 is 0 Å². The van der Waals surface area contributed by atoms with Crippen LogP contribution in [0.4, 0.5) is 0 Å². The van der Waals surface area contributed by atoms with Gasteiger partial charge in [-0.3, -0.25) is 0 Å². The summed E-state index contributed by atoms with van der Waals surface area (Å²) in [6, 6.07) is 0. The number of unbranched alkanes of at least 4 members (excludes halogenated alkanes) is 1. The van der Waals surface area contributed by atoms with E-state index in [0.717, 1.165) is 31.6 Å². The van der Waals surface area contributed by atoms with Crippen molar-refractivity contribution in [1.82, 2.24) is 0 Å². The van der Waals surface area contributed by atoms with E-state index in [1.54, 1.807) is 0 Å². The second-order valence-corrected chi connectivity index (χ2v) is 1.93. The standard InChI is InChI=1S/C8H15O/c1-4-6-7-8(3)9-5-2/h1,3-7H2,2H3. The van der Waals surface area contributed by atoms with Crippen molar-refractivity contribution in [2.75, 3.05) is 6.61 Å². The monoisotopic (exact) mass is 127 g/mol. The minimum absolute atomic E-state index is 0.732. The van der Waals surface area contributed by atoms with Crippen molar-refractivity contribution in [1.29, 1.82) is 0 Å². The highest BCUT2D eigenvalue weighted by Gasteiger charge is 1.90. The van der Waals surface area contributed by atoms with E-state index in [0.29, 0.717) is 0 Å². The van der Waals surface area contributed by atoms with E-state index in [9.17, 15) is 0 Å². The fourth-order valence-corrected chi connectivity index (χ4v) is 0.598. The second kappa shape index (κ2) is 5.67. The van der Waals surface area contributed by atoms with Gasteiger partial charge in [0.05, 0.1) is 12.4 Å². The number of hydrogen-bond acceptors (Lipinski definition) is 1. The van der Waals surface area contributed by atoms with Crippen LogP contribution in [-0.4, -0.2) is 6.61 Å². The Morgan fingerprint density at radius 1 is 1.56 bits per heavy atom. The maximum Gasteiger partial charge on any atom is 0.0888 e. The first-order chi connectivity index (χ1) is 4.31. The van der Waals surface area contributed by atoms with Gasteiger partial charge in [0.2, 0.25) is 0 Å². The highest BCUT2D eigenvalue weighted by molar-refractivity contribution is 4.81. The quantitative estimate of drug-likeness (QED) is 0.516. The first kappa shape index (κ1) is 8.54. The van der Waals surface area contributed by atoms with Gasteiger partial charge in [-0.05, 0) is 13.3 Å². The molecule has 0 N–H and O–H groups in total. The van der Waals surface area contributed by atoms with E-state index < -0.39 is 0 Å². The van der Waals surface area contributed by atoms with Crippen molar-refractivity contribution in [3.05, 3.63) is 19.3 Å². The molecule has 53 valence electrons. The predicted molar refractivity (Wildman–Crippen MR) is 40.0 cm³/mol. The van der Waals surface area contributed by atoms with Gasteiger partial charge in [-0.25, -0.2) is 0 Å². The topological polar surface area (TPSA) is 9.23 Å². The molecule has 0 saturated heterocycles. The minimum Gasteiger partial charge on any atom is -0.499 e. The summed E-state index contributed by atoms with van der Waals surface area (Å²) >= 11 is 0. The van der Waals surface area contributed by atoms with Gasteiger partial charge in [0.1, 0.15) is 0 Å². The van der Waals surface area contributed by atoms with Crippen LogP contribution in [0.3, 0.4) is 0 Å². The summed E-state index contributed by atoms with van der Waals surface area (Å²) in [6.07, 6.45) is 3.00. The van der Waals surface area contributed by atoms with Crippen LogP contribution in [0.25, 0.3) is 0 Å². The lowest BCUT2D eigenvalue weighted by atomic mass is 10.2. The molecule has 0 aromatic rings. The van der Waals surface area contributed by atoms with Crippen LogP contribution in [0.1, 0.15) is 26.2 Å². The van der Waals surface area contributed by atoms with Crippen LogP contribution in [0.5, 0.6) is 0 Å². The van der Waals surface area contributed by atoms with Gasteiger partial charge in [0, 0.05) is 6.42 Å². The molecular weight excluding hydrogens is 112 g/mol. The summed E-state index contributed by atoms with van der Waals surface area (Å²) in [5.74, 6) is 0.890. The molecule has 0 aliphatic carbocycles. The van der Waals surface area contributed by atoms with E-state index in [4.69, 9.17) is 4.74 Å². The Morgan fingerprint density at radius 3 is 2.67 bits per heavy atom. The maximum atomic E-state index is 5.12. The molecular formula is C8H15O. The smallest absolute Gasteiger partial charge is 0.0888 e. The number of ether oxygens (including phenoxy) is 1. The average molecular weight is 127 g/mol. The molecule has 0 heterocycles. The van der Waals surface area contributed by atoms with Crippen molar-refractivity contribution in [3.63, 3.8) is 0 Å². The largest absolute Gasteiger partial charge is 0.499 e. The third-order valence-electron chi connectivity index (χ3n) is 1.05. The van der Waals surface area contributed by atoms with Gasteiger partial charge in [0.25, 0.3) is 0 Å². The highest BCUT2D eigenvalue weighted by atomic mass is 16.5. The predicted octanol–water partition coefficient (Wildman–Crippen LogP) is 2.54. The third kappa shape index (κ3) is 5.41. The number of allylic oxidation sites excluding steroid dienone is 1. The molecule has 0 spiro atoms. The first-order valence-corrected chi connectivity index (χ1v) is 3.41. The summed E-state index contributed by atoms with van der Waals surface area (Å²) in [5.41, 5.74) is 0. The zero-order chi connectivity index (χ0) is 7.11. The van der Waals surface area contributed by atoms with Gasteiger partial charge < -0.3 is 4.74 Å². The zero-order valence-corrected chi connectivity index (χ0v) is 6.15. The lowest BCUT2D eigenvalue weighted by Gasteiger charge is -2.03. The molecule has 0 aromatic heterocycles. The minimum atomic E-state index is 0.732. The molecule has 0 fully saturated rings. The number of rotatable bonds is 5. The Bertz CT molecular complexity index is 76.6. The van der Waals surface area contributed by atoms with Crippen molar-refractivity contribution in [3.8, 4) is 0 Å². The van der Waals surface area contributed by atoms with Crippen molar-refractivity contribution in [2.24, 2.45) is 0 Å². The van der Waals surface area contributed by atoms with Crippen molar-refractivity contribution >= 4 is 0 Å². The normalized spacial score (nSPS) is 9.11.